The number of nitrogens with zero attached hydrogens (tertiary/aromatic N) is 6. The van der Waals surface area contributed by atoms with Gasteiger partial charge in [-0.3, -0.25) is 24.0 Å². The summed E-state index contributed by atoms with van der Waals surface area (Å²) >= 11 is 24.5. The Morgan fingerprint density at radius 3 is 1.40 bits per heavy atom. The maximum Gasteiger partial charge on any atom is 0.270 e. The second-order valence-corrected chi connectivity index (χ2v) is 24.9. The van der Waals surface area contributed by atoms with Gasteiger partial charge in [0.1, 0.15) is 35.2 Å². The van der Waals surface area contributed by atoms with Gasteiger partial charge in [0.25, 0.3) is 11.8 Å². The fourth-order valence-corrected chi connectivity index (χ4v) is 13.1. The Hall–Kier alpha value is -8.29. The van der Waals surface area contributed by atoms with Crippen molar-refractivity contribution in [3.8, 4) is 11.5 Å². The predicted octanol–water partition coefficient (Wildman–Crippen LogP) is 12.7. The molecule has 0 radical (unpaired) electrons. The van der Waals surface area contributed by atoms with Crippen LogP contribution in [0.15, 0.2) is 139 Å². The smallest absolute Gasteiger partial charge is 0.270 e. The van der Waals surface area contributed by atoms with E-state index in [1.165, 1.54) is 30.3 Å². The number of aryl methyl sites for hydroxylation is 2. The number of ether oxygens (including phenoxy) is 2. The summed E-state index contributed by atoms with van der Waals surface area (Å²) in [5.41, 5.74) is 2.75. The molecule has 3 N–H and O–H groups in total. The minimum Gasteiger partial charge on any atom is -0.474 e. The molecule has 4 atom stereocenters. The quantitative estimate of drug-likeness (QED) is 0.0661. The Labute approximate surface area is 551 Å². The number of aromatic nitrogens is 2. The van der Waals surface area contributed by atoms with Crippen LogP contribution in [0.25, 0.3) is 21.8 Å². The standard InChI is InChI=1S/C35H35Cl2FN4O4.C31H29Cl2FN4O3.C3H5NO/c1-3-4-31(43)40-13-15-41(16-14-40)34(45)35(46-25-9-5-22(2)6-10-25)19-32(44)42(21-23-7-12-28(37)29(38)17-23)33(35)27-20-39-30-18-24(36)8-11-26(27)30;1-19-2-6-22(7-3-19)41-31(30(40)37-12-10-35-11-13-37)16-28(39)38(18-20-4-9-25(33)26(34)14-20)29(31)24-17-36-27-15-21(32)5-8-23(24)27;1-2-4-3-5/h5-12,17-18,20,33,39H,3-4,13-16,19,21H2,1-2H3;2-9,14-15,17,29,35-36H,10-13,16,18H2,1H3;2H2,1H3/t33-,35-;29-,31-;/m00./s1. The van der Waals surface area contributed by atoms with Crippen molar-refractivity contribution >= 4 is 104 Å². The lowest BCUT2D eigenvalue weighted by atomic mass is 9.86. The van der Waals surface area contributed by atoms with E-state index in [2.05, 4.69) is 20.3 Å². The van der Waals surface area contributed by atoms with Crippen LogP contribution in [0.5, 0.6) is 11.5 Å². The van der Waals surface area contributed by atoms with Gasteiger partial charge in [0.15, 0.2) is 0 Å². The number of piperazine rings is 2. The van der Waals surface area contributed by atoms with Crippen LogP contribution in [0.1, 0.15) is 85.0 Å². The molecule has 4 aliphatic rings. The Balaban J connectivity index is 0.000000189. The van der Waals surface area contributed by atoms with Crippen LogP contribution in [0.4, 0.5) is 8.78 Å². The lowest BCUT2D eigenvalue weighted by Gasteiger charge is -2.42. The van der Waals surface area contributed by atoms with Gasteiger partial charge in [-0.05, 0) is 111 Å². The van der Waals surface area contributed by atoms with Gasteiger partial charge in [-0.25, -0.2) is 18.6 Å². The molecule has 4 saturated heterocycles. The molecule has 5 amide bonds. The van der Waals surface area contributed by atoms with Gasteiger partial charge in [-0.2, -0.15) is 0 Å². The number of halogens is 6. The van der Waals surface area contributed by atoms with Gasteiger partial charge in [-0.15, -0.1) is 0 Å². The van der Waals surface area contributed by atoms with E-state index in [1.807, 2.05) is 69.3 Å². The third-order valence-corrected chi connectivity index (χ3v) is 18.0. The molecular weight excluding hydrogens is 1260 g/mol. The molecule has 92 heavy (non-hydrogen) atoms. The lowest BCUT2D eigenvalue weighted by Crippen LogP contribution is -2.60. The summed E-state index contributed by atoms with van der Waals surface area (Å²) < 4.78 is 42.5. The van der Waals surface area contributed by atoms with Crippen molar-refractivity contribution in [1.29, 1.82) is 0 Å². The Morgan fingerprint density at radius 2 is 1.01 bits per heavy atom. The van der Waals surface area contributed by atoms with E-state index in [0.717, 1.165) is 39.4 Å². The summed E-state index contributed by atoms with van der Waals surface area (Å²) in [5.74, 6) is -1.38. The van der Waals surface area contributed by atoms with E-state index in [-0.39, 0.29) is 65.5 Å². The van der Waals surface area contributed by atoms with Crippen LogP contribution in [0.2, 0.25) is 20.1 Å². The molecule has 4 fully saturated rings. The monoisotopic (exact) mass is 1330 g/mol. The highest BCUT2D eigenvalue weighted by molar-refractivity contribution is 6.32. The van der Waals surface area contributed by atoms with Gasteiger partial charge in [0.2, 0.25) is 35.0 Å². The zero-order valence-electron chi connectivity index (χ0n) is 51.2. The minimum atomic E-state index is -1.68. The molecule has 0 unspecified atom stereocenters. The summed E-state index contributed by atoms with van der Waals surface area (Å²) in [6, 6.07) is 32.8. The van der Waals surface area contributed by atoms with Crippen molar-refractivity contribution in [2.24, 2.45) is 4.99 Å². The van der Waals surface area contributed by atoms with Gasteiger partial charge in [-0.1, -0.05) is 113 Å². The fraction of sp³-hybridized carbons (Fsp3) is 0.333. The fourth-order valence-electron chi connectivity index (χ4n) is 12.5. The van der Waals surface area contributed by atoms with Crippen LogP contribution >= 0.6 is 46.4 Å². The lowest BCUT2D eigenvalue weighted by molar-refractivity contribution is -0.154. The third kappa shape index (κ3) is 14.3. The van der Waals surface area contributed by atoms with E-state index < -0.39 is 34.9 Å². The summed E-state index contributed by atoms with van der Waals surface area (Å²) in [6.07, 6.45) is 5.76. The highest BCUT2D eigenvalue weighted by atomic mass is 35.5. The Bertz CT molecular complexity index is 4080. The van der Waals surface area contributed by atoms with Crippen LogP contribution in [-0.4, -0.2) is 140 Å². The first kappa shape index (κ1) is 66.6. The summed E-state index contributed by atoms with van der Waals surface area (Å²) in [4.78, 5) is 97.6. The van der Waals surface area contributed by atoms with Crippen LogP contribution < -0.4 is 14.8 Å². The number of rotatable bonds is 15. The number of hydrogen-bond donors (Lipinski definition) is 3. The number of amides is 5. The summed E-state index contributed by atoms with van der Waals surface area (Å²) in [7, 11) is 0. The number of carbonyl (C=O) groups excluding carboxylic acids is 6. The minimum absolute atomic E-state index is 0.00232. The van der Waals surface area contributed by atoms with Gasteiger partial charge >= 0.3 is 0 Å². The van der Waals surface area contributed by atoms with Crippen LogP contribution in [0, 0.1) is 25.5 Å². The second kappa shape index (κ2) is 29.1. The number of fused-ring (bicyclic) bond motifs is 2. The molecule has 12 rings (SSSR count). The van der Waals surface area contributed by atoms with E-state index in [0.29, 0.717) is 109 Å². The molecule has 0 aliphatic carbocycles. The average molecular weight is 1330 g/mol. The van der Waals surface area contributed by atoms with Crippen molar-refractivity contribution in [2.75, 3.05) is 58.9 Å². The maximum absolute atomic E-state index is 14.9. The first-order valence-corrected chi connectivity index (χ1v) is 31.9. The summed E-state index contributed by atoms with van der Waals surface area (Å²) in [5, 5.41) is 5.93. The number of aromatic amines is 2. The average Bonchev–Trinajstić information content (AvgIpc) is 1.56. The topological polar surface area (TPSA) is 193 Å². The van der Waals surface area contributed by atoms with E-state index in [1.54, 1.807) is 92.3 Å². The molecule has 23 heteroatoms. The first-order valence-electron chi connectivity index (χ1n) is 30.4. The molecule has 17 nitrogen and oxygen atoms in total. The van der Waals surface area contributed by atoms with Gasteiger partial charge in [0, 0.05) is 134 Å². The molecule has 0 spiro atoms. The van der Waals surface area contributed by atoms with Crippen molar-refractivity contribution in [1.82, 2.24) is 39.8 Å². The molecule has 8 aromatic rings. The number of isocyanates is 1. The third-order valence-electron chi connectivity index (χ3n) is 17.0. The normalized spacial score (nSPS) is 19.7. The number of benzene rings is 6. The zero-order valence-corrected chi connectivity index (χ0v) is 54.2. The zero-order chi connectivity index (χ0) is 65.4. The molecular formula is C69H69Cl4F2N9O8. The van der Waals surface area contributed by atoms with Crippen molar-refractivity contribution in [3.05, 3.63) is 199 Å². The number of hydrogen-bond acceptors (Lipinski definition) is 10. The molecule has 0 saturated carbocycles. The molecule has 0 bridgehead atoms. The molecule has 2 aromatic heterocycles. The number of likely N-dealkylation sites (tertiary alicyclic amines) is 2. The highest BCUT2D eigenvalue weighted by Gasteiger charge is 2.63. The second-order valence-electron chi connectivity index (χ2n) is 23.2. The number of aliphatic imine (C=N–C) groups is 1. The van der Waals surface area contributed by atoms with E-state index >= 15 is 0 Å². The first-order chi connectivity index (χ1) is 44.3. The number of nitrogens with one attached hydrogen (secondary N) is 3. The molecule has 4 aliphatic heterocycles. The van der Waals surface area contributed by atoms with Crippen molar-refractivity contribution < 1.29 is 47.0 Å². The van der Waals surface area contributed by atoms with Crippen LogP contribution in [0.3, 0.4) is 0 Å². The Kier molecular flexibility index (Phi) is 21.1. The van der Waals surface area contributed by atoms with Gasteiger partial charge < -0.3 is 49.3 Å². The summed E-state index contributed by atoms with van der Waals surface area (Å²) in [6.45, 7) is 12.0. The maximum atomic E-state index is 14.9. The number of carbonyl (C=O) groups is 5. The largest absolute Gasteiger partial charge is 0.474 e. The van der Waals surface area contributed by atoms with Gasteiger partial charge in [0.05, 0.1) is 22.9 Å². The number of H-pyrrole nitrogens is 2. The predicted molar refractivity (Wildman–Crippen MR) is 351 cm³/mol. The SMILES string of the molecule is CCCC(=O)N1CCN(C(=O)[C@]2(Oc3ccc(C)cc3)CC(=O)N(Cc3ccc(Cl)c(F)c3)[C@H]2c2c[nH]c3cc(Cl)ccc23)CC1.CCN=C=O.Cc1ccc(O[C@@]2(C(=O)N3CCNCC3)CC(=O)N(Cc3ccc(Cl)c(F)c3)[C@H]2c2c[nH]c3cc(Cl)ccc23)cc1. The molecule has 480 valence electrons. The van der Waals surface area contributed by atoms with E-state index in [9.17, 15) is 32.8 Å². The van der Waals surface area contributed by atoms with E-state index in [4.69, 9.17) is 60.7 Å². The molecule has 6 heterocycles. The molecule has 6 aromatic carbocycles. The Morgan fingerprint density at radius 1 is 0.587 bits per heavy atom. The highest BCUT2D eigenvalue weighted by Crippen LogP contribution is 2.51. The van der Waals surface area contributed by atoms with Crippen LogP contribution in [-0.2, 0) is 41.9 Å². The van der Waals surface area contributed by atoms with Crippen molar-refractivity contribution in [3.63, 3.8) is 0 Å². The van der Waals surface area contributed by atoms with Crippen molar-refractivity contribution in [2.45, 2.75) is 89.8 Å².